The van der Waals surface area contributed by atoms with Crippen LogP contribution >= 0.6 is 11.8 Å². The van der Waals surface area contributed by atoms with Crippen LogP contribution in [0.5, 0.6) is 5.88 Å². The van der Waals surface area contributed by atoms with Crippen molar-refractivity contribution in [3.05, 3.63) is 82.4 Å². The van der Waals surface area contributed by atoms with E-state index in [1.807, 2.05) is 37.3 Å². The first-order valence-electron chi connectivity index (χ1n) is 8.50. The van der Waals surface area contributed by atoms with Gasteiger partial charge in [0.2, 0.25) is 11.8 Å². The summed E-state index contributed by atoms with van der Waals surface area (Å²) in [6.45, 7) is 1.87. The second-order valence-electron chi connectivity index (χ2n) is 6.04. The van der Waals surface area contributed by atoms with Crippen molar-refractivity contribution >= 4 is 17.7 Å². The Kier molecular flexibility index (Phi) is 6.10. The molecule has 0 unspecified atom stereocenters. The number of nitrogens with one attached hydrogen (secondary N) is 1. The Hall–Kier alpha value is -3.13. The van der Waals surface area contributed by atoms with Crippen LogP contribution in [0, 0.1) is 5.82 Å². The van der Waals surface area contributed by atoms with Gasteiger partial charge in [-0.25, -0.2) is 4.39 Å². The highest BCUT2D eigenvalue weighted by Crippen LogP contribution is 2.21. The quantitative estimate of drug-likeness (QED) is 0.492. The van der Waals surface area contributed by atoms with E-state index < -0.39 is 17.3 Å². The van der Waals surface area contributed by atoms with Gasteiger partial charge in [-0.1, -0.05) is 42.1 Å². The standard InChI is InChI=1S/C20H18FN3O3S/c1-13(14-5-3-2-4-6-14)22-18(26)12-28-20-23-17(25)11-19(27)24(20)16-9-7-15(21)8-10-16/h2-11,13,25H,12H2,1H3,(H,22,26)/t13-/m1/s1. The zero-order valence-corrected chi connectivity index (χ0v) is 15.8. The van der Waals surface area contributed by atoms with E-state index in [0.29, 0.717) is 5.69 Å². The zero-order chi connectivity index (χ0) is 20.1. The number of carbonyl (C=O) groups excluding carboxylic acids is 1. The summed E-state index contributed by atoms with van der Waals surface area (Å²) in [6.07, 6.45) is 0. The lowest BCUT2D eigenvalue weighted by molar-refractivity contribution is -0.119. The number of hydrogen-bond donors (Lipinski definition) is 2. The molecule has 0 fully saturated rings. The number of carbonyl (C=O) groups is 1. The average Bonchev–Trinajstić information content (AvgIpc) is 2.68. The molecule has 1 amide bonds. The Bertz CT molecular complexity index is 1020. The minimum Gasteiger partial charge on any atom is -0.493 e. The fourth-order valence-electron chi connectivity index (χ4n) is 2.61. The monoisotopic (exact) mass is 399 g/mol. The van der Waals surface area contributed by atoms with E-state index >= 15 is 0 Å². The lowest BCUT2D eigenvalue weighted by Gasteiger charge is -2.15. The number of halogens is 1. The van der Waals surface area contributed by atoms with Crippen LogP contribution < -0.4 is 10.9 Å². The van der Waals surface area contributed by atoms with Crippen molar-refractivity contribution in [3.8, 4) is 11.6 Å². The first kappa shape index (κ1) is 19.6. The van der Waals surface area contributed by atoms with Crippen LogP contribution in [0.15, 0.2) is 70.6 Å². The van der Waals surface area contributed by atoms with Crippen molar-refractivity contribution in [3.63, 3.8) is 0 Å². The van der Waals surface area contributed by atoms with Crippen molar-refractivity contribution < 1.29 is 14.3 Å². The van der Waals surface area contributed by atoms with E-state index in [1.54, 1.807) is 0 Å². The molecule has 1 atom stereocenters. The molecule has 3 aromatic rings. The van der Waals surface area contributed by atoms with Crippen LogP contribution in [0.4, 0.5) is 4.39 Å². The Morgan fingerprint density at radius 1 is 1.21 bits per heavy atom. The van der Waals surface area contributed by atoms with Crippen molar-refractivity contribution in [1.29, 1.82) is 0 Å². The fourth-order valence-corrected chi connectivity index (χ4v) is 3.44. The van der Waals surface area contributed by atoms with E-state index in [-0.39, 0.29) is 22.9 Å². The SMILES string of the molecule is C[C@@H](NC(=O)CSc1nc(O)cc(=O)n1-c1ccc(F)cc1)c1ccccc1. The number of thioether (sulfide) groups is 1. The summed E-state index contributed by atoms with van der Waals surface area (Å²) in [7, 11) is 0. The van der Waals surface area contributed by atoms with Gasteiger partial charge in [-0.05, 0) is 36.8 Å². The van der Waals surface area contributed by atoms with Gasteiger partial charge in [-0.15, -0.1) is 0 Å². The van der Waals surface area contributed by atoms with Crippen molar-refractivity contribution in [2.45, 2.75) is 18.1 Å². The Morgan fingerprint density at radius 3 is 2.57 bits per heavy atom. The van der Waals surface area contributed by atoms with Crippen LogP contribution in [-0.2, 0) is 4.79 Å². The van der Waals surface area contributed by atoms with E-state index in [2.05, 4.69) is 10.3 Å². The van der Waals surface area contributed by atoms with Crippen LogP contribution in [0.1, 0.15) is 18.5 Å². The van der Waals surface area contributed by atoms with Crippen LogP contribution in [0.25, 0.3) is 5.69 Å². The number of aromatic nitrogens is 2. The summed E-state index contributed by atoms with van der Waals surface area (Å²) in [5.41, 5.74) is 0.832. The van der Waals surface area contributed by atoms with E-state index in [9.17, 15) is 19.1 Å². The maximum Gasteiger partial charge on any atom is 0.262 e. The third-order valence-corrected chi connectivity index (χ3v) is 4.91. The molecule has 0 saturated heterocycles. The Labute approximate surface area is 165 Å². The summed E-state index contributed by atoms with van der Waals surface area (Å²) in [4.78, 5) is 28.6. The van der Waals surface area contributed by atoms with Gasteiger partial charge in [0, 0.05) is 0 Å². The zero-order valence-electron chi connectivity index (χ0n) is 15.0. The highest BCUT2D eigenvalue weighted by atomic mass is 32.2. The lowest BCUT2D eigenvalue weighted by atomic mass is 10.1. The van der Waals surface area contributed by atoms with Crippen molar-refractivity contribution in [2.24, 2.45) is 0 Å². The maximum absolute atomic E-state index is 13.2. The lowest BCUT2D eigenvalue weighted by Crippen LogP contribution is -2.28. The molecule has 6 nitrogen and oxygen atoms in total. The molecule has 3 rings (SSSR count). The molecule has 0 aliphatic heterocycles. The van der Waals surface area contributed by atoms with Gasteiger partial charge in [0.25, 0.3) is 5.56 Å². The minimum absolute atomic E-state index is 0.00569. The second kappa shape index (κ2) is 8.71. The van der Waals surface area contributed by atoms with E-state index in [4.69, 9.17) is 0 Å². The largest absolute Gasteiger partial charge is 0.493 e. The summed E-state index contributed by atoms with van der Waals surface area (Å²) in [6, 6.07) is 15.6. The van der Waals surface area contributed by atoms with Gasteiger partial charge in [0.05, 0.1) is 23.5 Å². The molecule has 8 heteroatoms. The highest BCUT2D eigenvalue weighted by Gasteiger charge is 2.15. The third kappa shape index (κ3) is 4.77. The van der Waals surface area contributed by atoms with Gasteiger partial charge in [0.1, 0.15) is 5.82 Å². The molecule has 0 spiro atoms. The first-order chi connectivity index (χ1) is 13.4. The number of nitrogens with zero attached hydrogens (tertiary/aromatic N) is 2. The maximum atomic E-state index is 13.2. The molecular weight excluding hydrogens is 381 g/mol. The van der Waals surface area contributed by atoms with Gasteiger partial charge in [-0.3, -0.25) is 14.2 Å². The number of hydrogen-bond acceptors (Lipinski definition) is 5. The van der Waals surface area contributed by atoms with Crippen LogP contribution in [-0.4, -0.2) is 26.3 Å². The predicted octanol–water partition coefficient (Wildman–Crippen LogP) is 3.05. The molecule has 144 valence electrons. The molecule has 0 saturated carbocycles. The van der Waals surface area contributed by atoms with Crippen LogP contribution in [0.2, 0.25) is 0 Å². The molecule has 1 aromatic heterocycles. The summed E-state index contributed by atoms with van der Waals surface area (Å²) in [5.74, 6) is -1.13. The number of amides is 1. The first-order valence-corrected chi connectivity index (χ1v) is 9.48. The summed E-state index contributed by atoms with van der Waals surface area (Å²) >= 11 is 1.01. The number of benzene rings is 2. The normalized spacial score (nSPS) is 11.8. The molecule has 2 N–H and O–H groups in total. The molecule has 0 bridgehead atoms. The fraction of sp³-hybridized carbons (Fsp3) is 0.150. The van der Waals surface area contributed by atoms with E-state index in [1.165, 1.54) is 28.8 Å². The molecule has 0 aliphatic rings. The summed E-state index contributed by atoms with van der Waals surface area (Å²) < 4.78 is 14.4. The average molecular weight is 399 g/mol. The Balaban J connectivity index is 1.76. The predicted molar refractivity (Wildman–Crippen MR) is 105 cm³/mol. The molecule has 1 heterocycles. The van der Waals surface area contributed by atoms with Crippen molar-refractivity contribution in [2.75, 3.05) is 5.75 Å². The van der Waals surface area contributed by atoms with Gasteiger partial charge in [0.15, 0.2) is 5.16 Å². The Morgan fingerprint density at radius 2 is 1.89 bits per heavy atom. The van der Waals surface area contributed by atoms with Gasteiger partial charge in [-0.2, -0.15) is 4.98 Å². The molecule has 2 aromatic carbocycles. The molecule has 0 aliphatic carbocycles. The smallest absolute Gasteiger partial charge is 0.262 e. The molecule has 28 heavy (non-hydrogen) atoms. The number of aromatic hydroxyl groups is 1. The molecule has 0 radical (unpaired) electrons. The van der Waals surface area contributed by atoms with Gasteiger partial charge >= 0.3 is 0 Å². The summed E-state index contributed by atoms with van der Waals surface area (Å²) in [5, 5.41) is 12.7. The van der Waals surface area contributed by atoms with Gasteiger partial charge < -0.3 is 10.4 Å². The topological polar surface area (TPSA) is 84.2 Å². The second-order valence-corrected chi connectivity index (χ2v) is 6.98. The van der Waals surface area contributed by atoms with Crippen LogP contribution in [0.3, 0.4) is 0 Å². The number of rotatable bonds is 6. The van der Waals surface area contributed by atoms with E-state index in [0.717, 1.165) is 23.4 Å². The molecular formula is C20H18FN3O3S. The van der Waals surface area contributed by atoms with Crippen molar-refractivity contribution in [1.82, 2.24) is 14.9 Å². The minimum atomic E-state index is -0.528. The third-order valence-electron chi connectivity index (χ3n) is 3.97. The highest BCUT2D eigenvalue weighted by molar-refractivity contribution is 7.99.